The van der Waals surface area contributed by atoms with Gasteiger partial charge in [0.15, 0.2) is 0 Å². The molecule has 0 saturated heterocycles. The molecule has 0 bridgehead atoms. The molecule has 88 valence electrons. The first-order chi connectivity index (χ1) is 7.78. The predicted octanol–water partition coefficient (Wildman–Crippen LogP) is 2.47. The normalized spacial score (nSPS) is 25.4. The van der Waals surface area contributed by atoms with Crippen LogP contribution in [0.2, 0.25) is 5.15 Å². The van der Waals surface area contributed by atoms with Gasteiger partial charge in [-0.05, 0) is 19.3 Å². The van der Waals surface area contributed by atoms with Gasteiger partial charge in [0.1, 0.15) is 17.6 Å². The molecule has 0 amide bonds. The molecular weight excluding hydrogens is 228 g/mol. The van der Waals surface area contributed by atoms with Crippen molar-refractivity contribution in [3.8, 4) is 5.88 Å². The summed E-state index contributed by atoms with van der Waals surface area (Å²) >= 11 is 5.76. The van der Waals surface area contributed by atoms with Gasteiger partial charge in [-0.3, -0.25) is 0 Å². The van der Waals surface area contributed by atoms with Crippen LogP contribution in [-0.2, 0) is 4.74 Å². The van der Waals surface area contributed by atoms with E-state index in [1.165, 1.54) is 6.33 Å². The molecule has 1 aliphatic rings. The van der Waals surface area contributed by atoms with Crippen LogP contribution in [0.15, 0.2) is 12.4 Å². The minimum Gasteiger partial charge on any atom is -0.474 e. The lowest BCUT2D eigenvalue weighted by atomic mass is 9.95. The Kier molecular flexibility index (Phi) is 3.96. The van der Waals surface area contributed by atoms with Crippen LogP contribution in [0.1, 0.15) is 25.7 Å². The third kappa shape index (κ3) is 3.06. The standard InChI is InChI=1S/C11H15ClN2O2/c1-15-8-3-2-4-9(5-8)16-11-6-10(12)13-7-14-11/h6-9H,2-5H2,1H3. The van der Waals surface area contributed by atoms with Crippen molar-refractivity contribution in [2.75, 3.05) is 7.11 Å². The maximum atomic E-state index is 5.76. The van der Waals surface area contributed by atoms with Gasteiger partial charge in [0.25, 0.3) is 0 Å². The Morgan fingerprint density at radius 2 is 2.12 bits per heavy atom. The molecule has 1 fully saturated rings. The molecule has 0 N–H and O–H groups in total. The van der Waals surface area contributed by atoms with Crippen LogP contribution >= 0.6 is 11.6 Å². The summed E-state index contributed by atoms with van der Waals surface area (Å²) in [6, 6.07) is 1.64. The van der Waals surface area contributed by atoms with Crippen LogP contribution in [0.5, 0.6) is 5.88 Å². The lowest BCUT2D eigenvalue weighted by Gasteiger charge is -2.28. The minimum absolute atomic E-state index is 0.171. The van der Waals surface area contributed by atoms with Crippen LogP contribution in [0.25, 0.3) is 0 Å². The van der Waals surface area contributed by atoms with Crippen LogP contribution < -0.4 is 4.74 Å². The van der Waals surface area contributed by atoms with Crippen molar-refractivity contribution in [3.63, 3.8) is 0 Å². The molecule has 0 radical (unpaired) electrons. The highest BCUT2D eigenvalue weighted by Gasteiger charge is 2.23. The van der Waals surface area contributed by atoms with Crippen molar-refractivity contribution in [1.29, 1.82) is 0 Å². The third-order valence-corrected chi connectivity index (χ3v) is 3.01. The summed E-state index contributed by atoms with van der Waals surface area (Å²) in [6.45, 7) is 0. The first-order valence-corrected chi connectivity index (χ1v) is 5.82. The number of hydrogen-bond acceptors (Lipinski definition) is 4. The van der Waals surface area contributed by atoms with E-state index in [2.05, 4.69) is 9.97 Å². The molecule has 1 heterocycles. The lowest BCUT2D eigenvalue weighted by Crippen LogP contribution is -2.29. The van der Waals surface area contributed by atoms with E-state index < -0.39 is 0 Å². The molecule has 1 aromatic rings. The molecule has 1 saturated carbocycles. The predicted molar refractivity (Wildman–Crippen MR) is 60.7 cm³/mol. The van der Waals surface area contributed by atoms with Crippen LogP contribution in [0.3, 0.4) is 0 Å². The van der Waals surface area contributed by atoms with Gasteiger partial charge < -0.3 is 9.47 Å². The fourth-order valence-electron chi connectivity index (χ4n) is 1.98. The molecule has 16 heavy (non-hydrogen) atoms. The second-order valence-corrected chi connectivity index (χ2v) is 4.33. The largest absolute Gasteiger partial charge is 0.474 e. The Morgan fingerprint density at radius 3 is 2.88 bits per heavy atom. The summed E-state index contributed by atoms with van der Waals surface area (Å²) in [4.78, 5) is 7.84. The number of rotatable bonds is 3. The van der Waals surface area contributed by atoms with Gasteiger partial charge >= 0.3 is 0 Å². The van der Waals surface area contributed by atoms with Crippen molar-refractivity contribution in [2.24, 2.45) is 0 Å². The van der Waals surface area contributed by atoms with E-state index in [0.29, 0.717) is 17.1 Å². The summed E-state index contributed by atoms with van der Waals surface area (Å²) in [7, 11) is 1.74. The summed E-state index contributed by atoms with van der Waals surface area (Å²) in [5, 5.41) is 0.407. The Labute approximate surface area is 99.9 Å². The number of hydrogen-bond donors (Lipinski definition) is 0. The molecule has 4 nitrogen and oxygen atoms in total. The molecule has 0 spiro atoms. The fourth-order valence-corrected chi connectivity index (χ4v) is 2.11. The van der Waals surface area contributed by atoms with Crippen molar-refractivity contribution >= 4 is 11.6 Å². The first kappa shape index (κ1) is 11.6. The Balaban J connectivity index is 1.94. The SMILES string of the molecule is COC1CCCC(Oc2cc(Cl)ncn2)C1. The molecule has 0 aliphatic heterocycles. The van der Waals surface area contributed by atoms with Gasteiger partial charge in [-0.1, -0.05) is 11.6 Å². The minimum atomic E-state index is 0.171. The molecular formula is C11H15ClN2O2. The number of aromatic nitrogens is 2. The second-order valence-electron chi connectivity index (χ2n) is 3.94. The fraction of sp³-hybridized carbons (Fsp3) is 0.636. The molecule has 1 aliphatic carbocycles. The van der Waals surface area contributed by atoms with Crippen LogP contribution in [0, 0.1) is 0 Å². The Morgan fingerprint density at radius 1 is 1.31 bits per heavy atom. The second kappa shape index (κ2) is 5.46. The highest BCUT2D eigenvalue weighted by atomic mass is 35.5. The monoisotopic (exact) mass is 242 g/mol. The third-order valence-electron chi connectivity index (χ3n) is 2.81. The quantitative estimate of drug-likeness (QED) is 0.764. The smallest absolute Gasteiger partial charge is 0.218 e. The highest BCUT2D eigenvalue weighted by molar-refractivity contribution is 6.29. The summed E-state index contributed by atoms with van der Waals surface area (Å²) in [5.74, 6) is 0.543. The highest BCUT2D eigenvalue weighted by Crippen LogP contribution is 2.24. The molecule has 1 aromatic heterocycles. The van der Waals surface area contributed by atoms with E-state index >= 15 is 0 Å². The van der Waals surface area contributed by atoms with Gasteiger partial charge in [-0.25, -0.2) is 9.97 Å². The van der Waals surface area contributed by atoms with E-state index in [-0.39, 0.29) is 6.10 Å². The molecule has 0 aromatic carbocycles. The maximum Gasteiger partial charge on any atom is 0.218 e. The van der Waals surface area contributed by atoms with Crippen LogP contribution in [-0.4, -0.2) is 29.3 Å². The lowest BCUT2D eigenvalue weighted by molar-refractivity contribution is 0.0195. The number of nitrogens with zero attached hydrogens (tertiary/aromatic N) is 2. The maximum absolute atomic E-state index is 5.76. The topological polar surface area (TPSA) is 44.2 Å². The van der Waals surface area contributed by atoms with Gasteiger partial charge in [0, 0.05) is 19.6 Å². The summed E-state index contributed by atoms with van der Waals surface area (Å²) < 4.78 is 11.1. The summed E-state index contributed by atoms with van der Waals surface area (Å²) in [6.07, 6.45) is 6.08. The molecule has 2 rings (SSSR count). The van der Waals surface area contributed by atoms with E-state index in [0.717, 1.165) is 25.7 Å². The number of ether oxygens (including phenoxy) is 2. The van der Waals surface area contributed by atoms with Crippen LogP contribution in [0.4, 0.5) is 0 Å². The zero-order chi connectivity index (χ0) is 11.4. The molecule has 2 atom stereocenters. The molecule has 5 heteroatoms. The average molecular weight is 243 g/mol. The number of methoxy groups -OCH3 is 1. The zero-order valence-electron chi connectivity index (χ0n) is 9.23. The van der Waals surface area contributed by atoms with E-state index in [1.807, 2.05) is 0 Å². The summed E-state index contributed by atoms with van der Waals surface area (Å²) in [5.41, 5.74) is 0. The van der Waals surface area contributed by atoms with E-state index in [9.17, 15) is 0 Å². The van der Waals surface area contributed by atoms with E-state index in [1.54, 1.807) is 13.2 Å². The van der Waals surface area contributed by atoms with Crippen molar-refractivity contribution in [2.45, 2.75) is 37.9 Å². The van der Waals surface area contributed by atoms with E-state index in [4.69, 9.17) is 21.1 Å². The van der Waals surface area contributed by atoms with Crippen molar-refractivity contribution in [3.05, 3.63) is 17.5 Å². The average Bonchev–Trinajstić information content (AvgIpc) is 2.29. The molecule has 2 unspecified atom stereocenters. The van der Waals surface area contributed by atoms with Gasteiger partial charge in [0.2, 0.25) is 5.88 Å². The first-order valence-electron chi connectivity index (χ1n) is 5.45. The zero-order valence-corrected chi connectivity index (χ0v) is 9.98. The number of halogens is 1. The van der Waals surface area contributed by atoms with Crippen molar-refractivity contribution < 1.29 is 9.47 Å². The Hall–Kier alpha value is -0.870. The Bertz CT molecular complexity index is 349. The van der Waals surface area contributed by atoms with Gasteiger partial charge in [0.05, 0.1) is 6.10 Å². The van der Waals surface area contributed by atoms with Gasteiger partial charge in [-0.2, -0.15) is 0 Å². The van der Waals surface area contributed by atoms with Gasteiger partial charge in [-0.15, -0.1) is 0 Å². The van der Waals surface area contributed by atoms with Crippen molar-refractivity contribution in [1.82, 2.24) is 9.97 Å².